The minimum atomic E-state index is 0.641. The highest BCUT2D eigenvalue weighted by molar-refractivity contribution is 6.30. The molecule has 2 heteroatoms. The summed E-state index contributed by atoms with van der Waals surface area (Å²) in [6.45, 7) is 4.00. The minimum absolute atomic E-state index is 0.641. The van der Waals surface area contributed by atoms with Gasteiger partial charge in [0.2, 0.25) is 0 Å². The molecule has 0 aliphatic rings. The summed E-state index contributed by atoms with van der Waals surface area (Å²) in [4.78, 5) is 4.11. The number of nitrogens with zero attached hydrogens (tertiary/aromatic N) is 1. The number of hydrogen-bond acceptors (Lipinski definition) is 1. The molecule has 0 atom stereocenters. The van der Waals surface area contributed by atoms with Crippen LogP contribution in [0.3, 0.4) is 0 Å². The molecule has 1 nitrogen and oxygen atoms in total. The molecule has 0 saturated heterocycles. The summed E-state index contributed by atoms with van der Waals surface area (Å²) in [5.41, 5.74) is 2.09. The van der Waals surface area contributed by atoms with Crippen LogP contribution in [0.15, 0.2) is 12.1 Å². The van der Waals surface area contributed by atoms with Crippen LogP contribution in [0.1, 0.15) is 18.2 Å². The Kier molecular flexibility index (Phi) is 2.28. The van der Waals surface area contributed by atoms with Crippen LogP contribution in [0.2, 0.25) is 5.15 Å². The van der Waals surface area contributed by atoms with Crippen LogP contribution >= 0.6 is 11.6 Å². The first-order valence-corrected chi connectivity index (χ1v) is 3.74. The van der Waals surface area contributed by atoms with Crippen molar-refractivity contribution in [2.75, 3.05) is 0 Å². The molecule has 54 valence electrons. The number of aryl methyl sites for hydroxylation is 2. The van der Waals surface area contributed by atoms with E-state index in [4.69, 9.17) is 11.6 Å². The summed E-state index contributed by atoms with van der Waals surface area (Å²) >= 11 is 5.82. The number of aromatic nitrogens is 1. The maximum atomic E-state index is 5.82. The van der Waals surface area contributed by atoms with Crippen molar-refractivity contribution in [2.24, 2.45) is 0 Å². The lowest BCUT2D eigenvalue weighted by atomic mass is 10.2. The van der Waals surface area contributed by atoms with Gasteiger partial charge in [-0.15, -0.1) is 0 Å². The third-order valence-electron chi connectivity index (χ3n) is 1.45. The summed E-state index contributed by atoms with van der Waals surface area (Å²) in [7, 11) is 0. The molecule has 1 aromatic rings. The van der Waals surface area contributed by atoms with Crippen molar-refractivity contribution in [1.29, 1.82) is 0 Å². The molecule has 0 bridgehead atoms. The van der Waals surface area contributed by atoms with E-state index >= 15 is 0 Å². The second-order valence-corrected chi connectivity index (χ2v) is 2.61. The maximum Gasteiger partial charge on any atom is 0.132 e. The highest BCUT2D eigenvalue weighted by Crippen LogP contribution is 2.13. The Morgan fingerprint density at radius 3 is 2.70 bits per heavy atom. The lowest BCUT2D eigenvalue weighted by Crippen LogP contribution is -1.87. The zero-order valence-corrected chi connectivity index (χ0v) is 6.94. The van der Waals surface area contributed by atoms with Gasteiger partial charge >= 0.3 is 0 Å². The molecule has 0 saturated carbocycles. The van der Waals surface area contributed by atoms with Gasteiger partial charge in [0.05, 0.1) is 0 Å². The molecular formula is C8H10ClN. The number of halogens is 1. The Morgan fingerprint density at radius 1 is 1.50 bits per heavy atom. The topological polar surface area (TPSA) is 12.9 Å². The molecule has 0 N–H and O–H groups in total. The van der Waals surface area contributed by atoms with Gasteiger partial charge in [-0.2, -0.15) is 0 Å². The first-order chi connectivity index (χ1) is 4.74. The van der Waals surface area contributed by atoms with Crippen LogP contribution in [0.4, 0.5) is 0 Å². The lowest BCUT2D eigenvalue weighted by Gasteiger charge is -1.98. The first kappa shape index (κ1) is 7.55. The van der Waals surface area contributed by atoms with E-state index in [-0.39, 0.29) is 0 Å². The summed E-state index contributed by atoms with van der Waals surface area (Å²) in [5, 5.41) is 0.641. The largest absolute Gasteiger partial charge is 0.241 e. The van der Waals surface area contributed by atoms with Crippen molar-refractivity contribution in [3.63, 3.8) is 0 Å². The monoisotopic (exact) mass is 155 g/mol. The van der Waals surface area contributed by atoms with E-state index in [1.165, 1.54) is 0 Å². The van der Waals surface area contributed by atoms with Gasteiger partial charge in [0.1, 0.15) is 5.15 Å². The normalized spacial score (nSPS) is 9.90. The van der Waals surface area contributed by atoms with Gasteiger partial charge in [0.25, 0.3) is 0 Å². The van der Waals surface area contributed by atoms with Crippen LogP contribution in [-0.2, 0) is 6.42 Å². The average Bonchev–Trinajstić information content (AvgIpc) is 1.88. The highest BCUT2D eigenvalue weighted by atomic mass is 35.5. The maximum absolute atomic E-state index is 5.82. The number of pyridine rings is 1. The molecule has 0 aliphatic heterocycles. The molecule has 1 heterocycles. The molecule has 0 aliphatic carbocycles. The Labute approximate surface area is 66.0 Å². The summed E-state index contributed by atoms with van der Waals surface area (Å²) in [5.74, 6) is 0. The van der Waals surface area contributed by atoms with E-state index in [1.54, 1.807) is 0 Å². The minimum Gasteiger partial charge on any atom is -0.241 e. The van der Waals surface area contributed by atoms with Crippen molar-refractivity contribution < 1.29 is 0 Å². The van der Waals surface area contributed by atoms with E-state index in [1.807, 2.05) is 19.1 Å². The second kappa shape index (κ2) is 3.02. The second-order valence-electron chi connectivity index (χ2n) is 2.26. The quantitative estimate of drug-likeness (QED) is 0.569. The SMILES string of the molecule is CCc1ccc(C)nc1Cl. The molecule has 0 unspecified atom stereocenters. The molecule has 0 amide bonds. The van der Waals surface area contributed by atoms with Crippen molar-refractivity contribution in [3.8, 4) is 0 Å². The third-order valence-corrected chi connectivity index (χ3v) is 1.77. The first-order valence-electron chi connectivity index (χ1n) is 3.36. The zero-order chi connectivity index (χ0) is 7.56. The van der Waals surface area contributed by atoms with Crippen LogP contribution in [-0.4, -0.2) is 4.98 Å². The van der Waals surface area contributed by atoms with E-state index in [9.17, 15) is 0 Å². The zero-order valence-electron chi connectivity index (χ0n) is 6.19. The van der Waals surface area contributed by atoms with Crippen LogP contribution < -0.4 is 0 Å². The molecule has 1 aromatic heterocycles. The summed E-state index contributed by atoms with van der Waals surface area (Å²) in [6.07, 6.45) is 0.951. The fourth-order valence-electron chi connectivity index (χ4n) is 0.818. The lowest BCUT2D eigenvalue weighted by molar-refractivity contribution is 1.08. The van der Waals surface area contributed by atoms with Crippen molar-refractivity contribution in [3.05, 3.63) is 28.5 Å². The van der Waals surface area contributed by atoms with Gasteiger partial charge in [-0.1, -0.05) is 24.6 Å². The molecule has 1 rings (SSSR count). The molecule has 0 radical (unpaired) electrons. The third kappa shape index (κ3) is 1.48. The predicted octanol–water partition coefficient (Wildman–Crippen LogP) is 2.61. The summed E-state index contributed by atoms with van der Waals surface area (Å²) in [6, 6.07) is 4.00. The van der Waals surface area contributed by atoms with Gasteiger partial charge < -0.3 is 0 Å². The standard InChI is InChI=1S/C8H10ClN/c1-3-7-5-4-6(2)10-8(7)9/h4-5H,3H2,1-2H3. The number of rotatable bonds is 1. The fraction of sp³-hybridized carbons (Fsp3) is 0.375. The van der Waals surface area contributed by atoms with Gasteiger partial charge in [-0.25, -0.2) is 4.98 Å². The van der Waals surface area contributed by atoms with Crippen LogP contribution in [0, 0.1) is 6.92 Å². The smallest absolute Gasteiger partial charge is 0.132 e. The Hall–Kier alpha value is -0.560. The van der Waals surface area contributed by atoms with Crippen molar-refractivity contribution in [1.82, 2.24) is 4.98 Å². The van der Waals surface area contributed by atoms with Crippen molar-refractivity contribution in [2.45, 2.75) is 20.3 Å². The van der Waals surface area contributed by atoms with Crippen LogP contribution in [0.5, 0.6) is 0 Å². The summed E-state index contributed by atoms with van der Waals surface area (Å²) < 4.78 is 0. The number of hydrogen-bond donors (Lipinski definition) is 0. The molecule has 0 fully saturated rings. The van der Waals surface area contributed by atoms with Gasteiger partial charge in [0, 0.05) is 5.69 Å². The van der Waals surface area contributed by atoms with E-state index < -0.39 is 0 Å². The molecule has 10 heavy (non-hydrogen) atoms. The van der Waals surface area contributed by atoms with Gasteiger partial charge in [-0.05, 0) is 25.0 Å². The fourth-order valence-corrected chi connectivity index (χ4v) is 1.15. The van der Waals surface area contributed by atoms with E-state index in [0.29, 0.717) is 5.15 Å². The Bertz CT molecular complexity index is 233. The van der Waals surface area contributed by atoms with Gasteiger partial charge in [0.15, 0.2) is 0 Å². The van der Waals surface area contributed by atoms with Gasteiger partial charge in [-0.3, -0.25) is 0 Å². The Morgan fingerprint density at radius 2 is 2.20 bits per heavy atom. The van der Waals surface area contributed by atoms with Crippen LogP contribution in [0.25, 0.3) is 0 Å². The van der Waals surface area contributed by atoms with Crippen molar-refractivity contribution >= 4 is 11.6 Å². The molecular weight excluding hydrogens is 146 g/mol. The average molecular weight is 156 g/mol. The van der Waals surface area contributed by atoms with E-state index in [0.717, 1.165) is 17.7 Å². The predicted molar refractivity (Wildman–Crippen MR) is 43.4 cm³/mol. The highest BCUT2D eigenvalue weighted by Gasteiger charge is 1.97. The Balaban J connectivity index is 3.07. The molecule has 0 aromatic carbocycles. The van der Waals surface area contributed by atoms with E-state index in [2.05, 4.69) is 11.9 Å². The molecule has 0 spiro atoms.